The van der Waals surface area contributed by atoms with Gasteiger partial charge in [-0.15, -0.1) is 0 Å². The Hall–Kier alpha value is -1.93. The van der Waals surface area contributed by atoms with Crippen molar-refractivity contribution in [2.45, 2.75) is 17.9 Å². The van der Waals surface area contributed by atoms with Crippen LogP contribution in [0.1, 0.15) is 28.9 Å². The van der Waals surface area contributed by atoms with Crippen LogP contribution in [0.25, 0.3) is 0 Å². The maximum absolute atomic E-state index is 12.4. The van der Waals surface area contributed by atoms with E-state index in [1.54, 1.807) is 6.07 Å². The Balaban J connectivity index is 2.15. The largest absolute Gasteiger partial charge is 0.345 e. The molecule has 0 aliphatic heterocycles. The topological polar surface area (TPSA) is 75.7 Å². The van der Waals surface area contributed by atoms with Crippen LogP contribution in [0.2, 0.25) is 5.02 Å². The molecule has 1 unspecified atom stereocenters. The van der Waals surface area contributed by atoms with Crippen molar-refractivity contribution in [3.05, 3.63) is 64.7 Å². The molecule has 0 fully saturated rings. The molecule has 1 amide bonds. The van der Waals surface area contributed by atoms with Crippen molar-refractivity contribution in [2.75, 3.05) is 14.2 Å². The highest BCUT2D eigenvalue weighted by molar-refractivity contribution is 7.89. The highest BCUT2D eigenvalue weighted by Crippen LogP contribution is 2.22. The summed E-state index contributed by atoms with van der Waals surface area (Å²) >= 11 is 6.13. The van der Waals surface area contributed by atoms with Crippen molar-refractivity contribution in [1.82, 2.24) is 9.79 Å². The summed E-state index contributed by atoms with van der Waals surface area (Å²) in [7, 11) is -1.19. The second-order valence-corrected chi connectivity index (χ2v) is 7.68. The van der Waals surface area contributed by atoms with Gasteiger partial charge in [0, 0.05) is 17.6 Å². The number of carbonyl (C=O) groups excluding carboxylic acids is 1. The maximum Gasteiger partial charge on any atom is 0.264 e. The summed E-state index contributed by atoms with van der Waals surface area (Å²) in [5, 5.41) is 3.41. The predicted octanol–water partition coefficient (Wildman–Crippen LogP) is 3.01. The van der Waals surface area contributed by atoms with Gasteiger partial charge in [-0.2, -0.15) is 0 Å². The van der Waals surface area contributed by atoms with Crippen LogP contribution in [0.3, 0.4) is 0 Å². The van der Waals surface area contributed by atoms with Crippen LogP contribution in [0, 0.1) is 0 Å². The fraction of sp³-hybridized carbons (Fsp3) is 0.235. The van der Waals surface area contributed by atoms with Crippen molar-refractivity contribution in [3.63, 3.8) is 0 Å². The van der Waals surface area contributed by atoms with Crippen molar-refractivity contribution >= 4 is 27.5 Å². The standard InChI is InChI=1S/C17H19ClN2O4S/c1-12(15-6-4-5-7-16(15)18)19-17(21)13-8-10-14(11-9-13)25(22,23)20(2)24-3/h4-12H,1-3H3,(H,19,21). The summed E-state index contributed by atoms with van der Waals surface area (Å²) < 4.78 is 25.0. The number of hydroxylamine groups is 1. The fourth-order valence-electron chi connectivity index (χ4n) is 2.21. The molecule has 1 atom stereocenters. The van der Waals surface area contributed by atoms with Crippen LogP contribution in [-0.2, 0) is 14.9 Å². The molecule has 0 spiro atoms. The quantitative estimate of drug-likeness (QED) is 0.779. The third-order valence-electron chi connectivity index (χ3n) is 3.73. The first-order valence-corrected chi connectivity index (χ1v) is 9.27. The smallest absolute Gasteiger partial charge is 0.264 e. The molecule has 2 aromatic carbocycles. The van der Waals surface area contributed by atoms with Gasteiger partial charge in [-0.25, -0.2) is 8.42 Å². The minimum absolute atomic E-state index is 0.0348. The lowest BCUT2D eigenvalue weighted by Gasteiger charge is -2.16. The van der Waals surface area contributed by atoms with E-state index in [0.29, 0.717) is 10.6 Å². The molecule has 1 N–H and O–H groups in total. The normalized spacial score (nSPS) is 12.8. The highest BCUT2D eigenvalue weighted by atomic mass is 35.5. The molecule has 0 radical (unpaired) electrons. The summed E-state index contributed by atoms with van der Waals surface area (Å²) in [6.07, 6.45) is 0. The van der Waals surface area contributed by atoms with E-state index in [1.165, 1.54) is 38.4 Å². The number of rotatable bonds is 6. The number of amides is 1. The number of hydrogen-bond acceptors (Lipinski definition) is 4. The zero-order valence-electron chi connectivity index (χ0n) is 14.1. The summed E-state index contributed by atoms with van der Waals surface area (Å²) in [4.78, 5) is 17.1. The van der Waals surface area contributed by atoms with E-state index >= 15 is 0 Å². The van der Waals surface area contributed by atoms with Crippen molar-refractivity contribution in [1.29, 1.82) is 0 Å². The third kappa shape index (κ3) is 4.38. The van der Waals surface area contributed by atoms with Gasteiger partial charge in [0.05, 0.1) is 18.0 Å². The molecule has 0 aliphatic rings. The molecular weight excluding hydrogens is 364 g/mol. The number of hydrogen-bond donors (Lipinski definition) is 1. The number of sulfonamides is 1. The van der Waals surface area contributed by atoms with E-state index in [1.807, 2.05) is 25.1 Å². The first-order chi connectivity index (χ1) is 11.8. The molecule has 0 aromatic heterocycles. The van der Waals surface area contributed by atoms with Crippen LogP contribution < -0.4 is 5.32 Å². The Kier molecular flexibility index (Phi) is 6.18. The molecule has 0 bridgehead atoms. The Bertz CT molecular complexity index is 853. The molecule has 25 heavy (non-hydrogen) atoms. The van der Waals surface area contributed by atoms with E-state index in [-0.39, 0.29) is 16.8 Å². The minimum Gasteiger partial charge on any atom is -0.345 e. The number of carbonyl (C=O) groups is 1. The molecular formula is C17H19ClN2O4S. The lowest BCUT2D eigenvalue weighted by atomic mass is 10.1. The van der Waals surface area contributed by atoms with Gasteiger partial charge in [0.15, 0.2) is 0 Å². The predicted molar refractivity (Wildman–Crippen MR) is 95.7 cm³/mol. The second-order valence-electron chi connectivity index (χ2n) is 5.34. The Morgan fingerprint density at radius 3 is 2.32 bits per heavy atom. The number of nitrogens with one attached hydrogen (secondary N) is 1. The van der Waals surface area contributed by atoms with E-state index in [9.17, 15) is 13.2 Å². The van der Waals surface area contributed by atoms with Gasteiger partial charge in [-0.3, -0.25) is 9.63 Å². The highest BCUT2D eigenvalue weighted by Gasteiger charge is 2.21. The molecule has 0 aliphatic carbocycles. The first-order valence-electron chi connectivity index (χ1n) is 7.45. The van der Waals surface area contributed by atoms with Gasteiger partial charge >= 0.3 is 0 Å². The Labute approximate surface area is 152 Å². The van der Waals surface area contributed by atoms with E-state index in [2.05, 4.69) is 5.32 Å². The van der Waals surface area contributed by atoms with Gasteiger partial charge in [0.1, 0.15) is 0 Å². The minimum atomic E-state index is -3.74. The molecule has 134 valence electrons. The summed E-state index contributed by atoms with van der Waals surface area (Å²) in [6, 6.07) is 12.6. The SMILES string of the molecule is CON(C)S(=O)(=O)c1ccc(C(=O)NC(C)c2ccccc2Cl)cc1. The Morgan fingerprint density at radius 2 is 1.76 bits per heavy atom. The fourth-order valence-corrected chi connectivity index (χ4v) is 3.48. The number of benzene rings is 2. The lowest BCUT2D eigenvalue weighted by molar-refractivity contribution is -0.0258. The zero-order chi connectivity index (χ0) is 18.6. The molecule has 0 heterocycles. The van der Waals surface area contributed by atoms with E-state index in [4.69, 9.17) is 16.4 Å². The Morgan fingerprint density at radius 1 is 1.16 bits per heavy atom. The second kappa shape index (κ2) is 7.97. The summed E-state index contributed by atoms with van der Waals surface area (Å²) in [6.45, 7) is 1.82. The van der Waals surface area contributed by atoms with Gasteiger partial charge in [0.25, 0.3) is 15.9 Å². The zero-order valence-corrected chi connectivity index (χ0v) is 15.6. The number of nitrogens with zero attached hydrogens (tertiary/aromatic N) is 1. The van der Waals surface area contributed by atoms with Crippen molar-refractivity contribution in [3.8, 4) is 0 Å². The van der Waals surface area contributed by atoms with E-state index < -0.39 is 10.0 Å². The van der Waals surface area contributed by atoms with Crippen LogP contribution in [-0.4, -0.2) is 33.0 Å². The van der Waals surface area contributed by atoms with Gasteiger partial charge in [-0.05, 0) is 42.8 Å². The van der Waals surface area contributed by atoms with Crippen molar-refractivity contribution in [2.24, 2.45) is 0 Å². The van der Waals surface area contributed by atoms with Crippen LogP contribution in [0.4, 0.5) is 0 Å². The van der Waals surface area contributed by atoms with Gasteiger partial charge < -0.3 is 5.32 Å². The lowest BCUT2D eigenvalue weighted by Crippen LogP contribution is -2.27. The molecule has 0 saturated heterocycles. The number of halogens is 1. The average molecular weight is 383 g/mol. The molecule has 8 heteroatoms. The summed E-state index contributed by atoms with van der Waals surface area (Å²) in [5.41, 5.74) is 1.15. The molecule has 0 saturated carbocycles. The average Bonchev–Trinajstić information content (AvgIpc) is 2.61. The van der Waals surface area contributed by atoms with E-state index in [0.717, 1.165) is 10.0 Å². The maximum atomic E-state index is 12.4. The van der Waals surface area contributed by atoms with Crippen LogP contribution in [0.15, 0.2) is 53.4 Å². The van der Waals surface area contributed by atoms with Crippen LogP contribution >= 0.6 is 11.6 Å². The molecule has 6 nitrogen and oxygen atoms in total. The third-order valence-corrected chi connectivity index (χ3v) is 5.77. The monoisotopic (exact) mass is 382 g/mol. The summed E-state index contributed by atoms with van der Waals surface area (Å²) in [5.74, 6) is -0.323. The molecule has 2 aromatic rings. The first kappa shape index (κ1) is 19.4. The van der Waals surface area contributed by atoms with Crippen molar-refractivity contribution < 1.29 is 18.0 Å². The van der Waals surface area contributed by atoms with Gasteiger partial charge in [0.2, 0.25) is 0 Å². The van der Waals surface area contributed by atoms with Gasteiger partial charge in [-0.1, -0.05) is 34.3 Å². The van der Waals surface area contributed by atoms with Crippen LogP contribution in [0.5, 0.6) is 0 Å². The molecule has 2 rings (SSSR count).